The van der Waals surface area contributed by atoms with Gasteiger partial charge in [0.2, 0.25) is 0 Å². The number of esters is 2. The first-order valence-electron chi connectivity index (χ1n) is 8.60. The lowest BCUT2D eigenvalue weighted by Gasteiger charge is -2.25. The summed E-state index contributed by atoms with van der Waals surface area (Å²) in [7, 11) is 0. The Hall–Kier alpha value is -2.80. The summed E-state index contributed by atoms with van der Waals surface area (Å²) in [6, 6.07) is 9.48. The summed E-state index contributed by atoms with van der Waals surface area (Å²) in [4.78, 5) is 28.7. The Bertz CT molecular complexity index is 756. The topological polar surface area (TPSA) is 74.7 Å². The predicted octanol–water partition coefficient (Wildman–Crippen LogP) is 3.29. The average Bonchev–Trinajstić information content (AvgIpc) is 2.67. The minimum Gasteiger partial charge on any atom is -0.463 e. The Balaban J connectivity index is 2.11. The number of ether oxygens (including phenoxy) is 3. The summed E-state index contributed by atoms with van der Waals surface area (Å²) in [6.07, 6.45) is 1.56. The first kappa shape index (κ1) is 20.5. The molecule has 144 valence electrons. The summed E-state index contributed by atoms with van der Waals surface area (Å²) >= 11 is 0. The molecule has 1 aromatic heterocycles. The molecule has 0 unspecified atom stereocenters. The van der Waals surface area contributed by atoms with Gasteiger partial charge in [-0.25, -0.2) is 14.0 Å². The van der Waals surface area contributed by atoms with Gasteiger partial charge in [0.15, 0.2) is 0 Å². The number of hydrogen-bond donors (Lipinski definition) is 0. The summed E-state index contributed by atoms with van der Waals surface area (Å²) in [5.41, 5.74) is 0.228. The molecule has 0 aliphatic heterocycles. The van der Waals surface area contributed by atoms with E-state index in [9.17, 15) is 14.0 Å². The highest BCUT2D eigenvalue weighted by atomic mass is 19.1. The van der Waals surface area contributed by atoms with E-state index in [4.69, 9.17) is 14.2 Å². The van der Waals surface area contributed by atoms with Gasteiger partial charge in [0.05, 0.1) is 25.5 Å². The van der Waals surface area contributed by atoms with Gasteiger partial charge in [0.25, 0.3) is 5.60 Å². The first-order chi connectivity index (χ1) is 12.9. The summed E-state index contributed by atoms with van der Waals surface area (Å²) < 4.78 is 28.5. The van der Waals surface area contributed by atoms with Crippen LogP contribution in [0.3, 0.4) is 0 Å². The molecule has 0 saturated carbocycles. The zero-order valence-corrected chi connectivity index (χ0v) is 15.5. The van der Waals surface area contributed by atoms with Crippen LogP contribution in [0.2, 0.25) is 0 Å². The number of carbonyl (C=O) groups excluding carboxylic acids is 2. The minimum absolute atomic E-state index is 0.0369. The molecule has 7 heteroatoms. The molecule has 27 heavy (non-hydrogen) atoms. The number of pyridine rings is 1. The minimum atomic E-state index is -1.86. The Morgan fingerprint density at radius 1 is 1.00 bits per heavy atom. The second-order valence-electron chi connectivity index (χ2n) is 5.82. The van der Waals surface area contributed by atoms with Crippen LogP contribution in [0.5, 0.6) is 0 Å². The lowest BCUT2D eigenvalue weighted by atomic mass is 10.1. The van der Waals surface area contributed by atoms with E-state index in [-0.39, 0.29) is 25.6 Å². The van der Waals surface area contributed by atoms with Crippen molar-refractivity contribution in [3.63, 3.8) is 0 Å². The standard InChI is InChI=1S/C20H22FNO5/c1-4-25-18(23)20(3,19(24)26-5-2)27-13-14-6-11-17(22-12-14)15-7-9-16(21)10-8-15/h6-12H,4-5,13H2,1-3H3. The van der Waals surface area contributed by atoms with E-state index in [1.54, 1.807) is 44.3 Å². The molecule has 0 aliphatic carbocycles. The van der Waals surface area contributed by atoms with Gasteiger partial charge in [-0.1, -0.05) is 6.07 Å². The zero-order chi connectivity index (χ0) is 19.9. The van der Waals surface area contributed by atoms with E-state index >= 15 is 0 Å². The van der Waals surface area contributed by atoms with Crippen molar-refractivity contribution in [3.8, 4) is 11.3 Å². The van der Waals surface area contributed by atoms with Crippen LogP contribution < -0.4 is 0 Å². The third-order valence-corrected chi connectivity index (χ3v) is 3.82. The Labute approximate surface area is 157 Å². The zero-order valence-electron chi connectivity index (χ0n) is 15.5. The molecule has 0 N–H and O–H groups in total. The SMILES string of the molecule is CCOC(=O)C(C)(OCc1ccc(-c2ccc(F)cc2)nc1)C(=O)OCC. The van der Waals surface area contributed by atoms with Crippen LogP contribution in [0.4, 0.5) is 4.39 Å². The summed E-state index contributed by atoms with van der Waals surface area (Å²) in [5, 5.41) is 0. The molecular weight excluding hydrogens is 353 g/mol. The fourth-order valence-corrected chi connectivity index (χ4v) is 2.27. The molecular formula is C20H22FNO5. The molecule has 0 saturated heterocycles. The molecule has 0 aliphatic rings. The molecule has 2 rings (SSSR count). The van der Waals surface area contributed by atoms with Crippen molar-refractivity contribution in [1.82, 2.24) is 4.98 Å². The lowest BCUT2D eigenvalue weighted by molar-refractivity contribution is -0.190. The monoisotopic (exact) mass is 375 g/mol. The first-order valence-corrected chi connectivity index (χ1v) is 8.60. The summed E-state index contributed by atoms with van der Waals surface area (Å²) in [6.45, 7) is 4.80. The maximum atomic E-state index is 13.0. The van der Waals surface area contributed by atoms with Gasteiger partial charge in [-0.05, 0) is 56.7 Å². The molecule has 0 spiro atoms. The Morgan fingerprint density at radius 2 is 1.59 bits per heavy atom. The fourth-order valence-electron chi connectivity index (χ4n) is 2.27. The molecule has 2 aromatic rings. The molecule has 1 heterocycles. The van der Waals surface area contributed by atoms with E-state index in [0.717, 1.165) is 5.56 Å². The Kier molecular flexibility index (Phi) is 7.01. The van der Waals surface area contributed by atoms with Gasteiger partial charge in [-0.2, -0.15) is 0 Å². The predicted molar refractivity (Wildman–Crippen MR) is 96.1 cm³/mol. The van der Waals surface area contributed by atoms with Crippen LogP contribution in [-0.4, -0.2) is 35.7 Å². The highest BCUT2D eigenvalue weighted by molar-refractivity contribution is 6.03. The second-order valence-corrected chi connectivity index (χ2v) is 5.82. The van der Waals surface area contributed by atoms with Crippen LogP contribution in [-0.2, 0) is 30.4 Å². The van der Waals surface area contributed by atoms with E-state index in [1.165, 1.54) is 19.1 Å². The van der Waals surface area contributed by atoms with Crippen molar-refractivity contribution in [2.45, 2.75) is 33.0 Å². The lowest BCUT2D eigenvalue weighted by Crippen LogP contribution is -2.48. The average molecular weight is 375 g/mol. The molecule has 0 atom stereocenters. The normalized spacial score (nSPS) is 11.1. The number of benzene rings is 1. The van der Waals surface area contributed by atoms with Gasteiger partial charge in [-0.15, -0.1) is 0 Å². The van der Waals surface area contributed by atoms with E-state index in [1.807, 2.05) is 0 Å². The van der Waals surface area contributed by atoms with Gasteiger partial charge >= 0.3 is 11.9 Å². The van der Waals surface area contributed by atoms with Crippen molar-refractivity contribution in [3.05, 3.63) is 54.0 Å². The largest absolute Gasteiger partial charge is 0.463 e. The number of rotatable bonds is 8. The molecule has 0 bridgehead atoms. The smallest absolute Gasteiger partial charge is 0.349 e. The third kappa shape index (κ3) is 5.10. The van der Waals surface area contributed by atoms with Gasteiger partial charge in [-0.3, -0.25) is 4.98 Å². The van der Waals surface area contributed by atoms with Gasteiger partial charge in [0, 0.05) is 11.8 Å². The van der Waals surface area contributed by atoms with Gasteiger partial charge < -0.3 is 14.2 Å². The number of hydrogen-bond acceptors (Lipinski definition) is 6. The molecule has 0 radical (unpaired) electrons. The van der Waals surface area contributed by atoms with Crippen LogP contribution >= 0.6 is 0 Å². The van der Waals surface area contributed by atoms with Crippen LogP contribution in [0.15, 0.2) is 42.6 Å². The van der Waals surface area contributed by atoms with E-state index in [2.05, 4.69) is 4.98 Å². The number of nitrogens with zero attached hydrogens (tertiary/aromatic N) is 1. The van der Waals surface area contributed by atoms with E-state index < -0.39 is 17.5 Å². The van der Waals surface area contributed by atoms with Crippen LogP contribution in [0.1, 0.15) is 26.3 Å². The molecule has 1 aromatic carbocycles. The third-order valence-electron chi connectivity index (χ3n) is 3.82. The highest BCUT2D eigenvalue weighted by Gasteiger charge is 2.45. The molecule has 0 fully saturated rings. The number of carbonyl (C=O) groups is 2. The quantitative estimate of drug-likeness (QED) is 0.521. The van der Waals surface area contributed by atoms with Crippen molar-refractivity contribution in [1.29, 1.82) is 0 Å². The van der Waals surface area contributed by atoms with Crippen molar-refractivity contribution >= 4 is 11.9 Å². The number of aromatic nitrogens is 1. The second kappa shape index (κ2) is 9.23. The maximum Gasteiger partial charge on any atom is 0.349 e. The molecule has 0 amide bonds. The Morgan fingerprint density at radius 3 is 2.07 bits per heavy atom. The van der Waals surface area contributed by atoms with E-state index in [0.29, 0.717) is 11.3 Å². The van der Waals surface area contributed by atoms with Crippen molar-refractivity contribution in [2.75, 3.05) is 13.2 Å². The van der Waals surface area contributed by atoms with Crippen molar-refractivity contribution < 1.29 is 28.2 Å². The maximum absolute atomic E-state index is 13.0. The fraction of sp³-hybridized carbons (Fsp3) is 0.350. The van der Waals surface area contributed by atoms with Crippen LogP contribution in [0, 0.1) is 5.82 Å². The van der Waals surface area contributed by atoms with Crippen molar-refractivity contribution in [2.24, 2.45) is 0 Å². The summed E-state index contributed by atoms with van der Waals surface area (Å²) in [5.74, 6) is -1.93. The highest BCUT2D eigenvalue weighted by Crippen LogP contribution is 2.21. The molecule has 6 nitrogen and oxygen atoms in total. The van der Waals surface area contributed by atoms with Crippen LogP contribution in [0.25, 0.3) is 11.3 Å². The van der Waals surface area contributed by atoms with Gasteiger partial charge in [0.1, 0.15) is 5.82 Å². The number of halogens is 1.